The molecule has 1 rings (SSSR count). The van der Waals surface area contributed by atoms with Gasteiger partial charge in [-0.2, -0.15) is 0 Å². The van der Waals surface area contributed by atoms with Crippen molar-refractivity contribution in [1.82, 2.24) is 0 Å². The Bertz CT molecular complexity index is 146. The Hall–Kier alpha value is -0.885. The van der Waals surface area contributed by atoms with E-state index in [4.69, 9.17) is 5.11 Å². The Kier molecular flexibility index (Phi) is 19.4. The number of rotatable bonds is 1. The molecule has 72 valence electrons. The van der Waals surface area contributed by atoms with Crippen LogP contribution in [0.4, 0.5) is 0 Å². The first-order valence-electron chi connectivity index (χ1n) is 4.47. The van der Waals surface area contributed by atoms with Crippen LogP contribution in [-0.4, -0.2) is 19.1 Å². The van der Waals surface area contributed by atoms with Gasteiger partial charge in [0.2, 0.25) is 0 Å². The van der Waals surface area contributed by atoms with Gasteiger partial charge in [0.25, 0.3) is 0 Å². The number of aliphatic hydroxyl groups is 1. The van der Waals surface area contributed by atoms with Crippen molar-refractivity contribution in [2.45, 2.75) is 20.3 Å². The summed E-state index contributed by atoms with van der Waals surface area (Å²) in [5, 5.41) is 7.00. The van der Waals surface area contributed by atoms with Crippen molar-refractivity contribution in [2.24, 2.45) is 0 Å². The Morgan fingerprint density at radius 1 is 1.15 bits per heavy atom. The molecular formula is C11H19BO. The van der Waals surface area contributed by atoms with Gasteiger partial charge < -0.3 is 5.11 Å². The zero-order valence-corrected chi connectivity index (χ0v) is 8.77. The first-order valence-corrected chi connectivity index (χ1v) is 4.47. The van der Waals surface area contributed by atoms with Crippen LogP contribution in [0.5, 0.6) is 0 Å². The molecule has 0 aliphatic carbocycles. The third-order valence-corrected chi connectivity index (χ3v) is 1.14. The molecule has 1 aromatic rings. The van der Waals surface area contributed by atoms with Crippen molar-refractivity contribution in [3.05, 3.63) is 42.3 Å². The molecule has 0 amide bonds. The van der Waals surface area contributed by atoms with Gasteiger partial charge in [0.05, 0.1) is 0 Å². The molecule has 13 heavy (non-hydrogen) atoms. The summed E-state index contributed by atoms with van der Waals surface area (Å²) in [6, 6.07) is 6.00. The van der Waals surface area contributed by atoms with Gasteiger partial charge in [-0.3, -0.25) is 0 Å². The zero-order valence-electron chi connectivity index (χ0n) is 8.77. The summed E-state index contributed by atoms with van der Waals surface area (Å²) in [6.07, 6.45) is 5.34. The number of aliphatic hydroxyl groups excluding tert-OH is 1. The fraction of sp³-hybridized carbons (Fsp3) is 0.364. The molecule has 1 N–H and O–H groups in total. The fourth-order valence-electron chi connectivity index (χ4n) is 0.621. The maximum absolute atomic E-state index is 7.00. The molecule has 2 heteroatoms. The molecular weight excluding hydrogens is 159 g/mol. The van der Waals surface area contributed by atoms with Gasteiger partial charge in [0.1, 0.15) is 0 Å². The Morgan fingerprint density at radius 3 is 1.77 bits per heavy atom. The number of allylic oxidation sites excluding steroid dienone is 2. The predicted octanol–water partition coefficient (Wildman–Crippen LogP) is 2.61. The van der Waals surface area contributed by atoms with Crippen LogP contribution in [0.15, 0.2) is 42.3 Å². The van der Waals surface area contributed by atoms with E-state index in [0.717, 1.165) is 13.5 Å². The van der Waals surface area contributed by atoms with Crippen LogP contribution < -0.4 is 0 Å². The average Bonchev–Trinajstić information content (AvgIpc) is 2.25. The molecule has 0 aliphatic heterocycles. The molecule has 0 unspecified atom stereocenters. The van der Waals surface area contributed by atoms with Gasteiger partial charge in [-0.15, -0.1) is 0 Å². The predicted molar refractivity (Wildman–Crippen MR) is 61.0 cm³/mol. The second-order valence-corrected chi connectivity index (χ2v) is 2.13. The van der Waals surface area contributed by atoms with E-state index in [1.54, 1.807) is 0 Å². The van der Waals surface area contributed by atoms with E-state index < -0.39 is 0 Å². The molecule has 1 nitrogen and oxygen atoms in total. The average molecular weight is 178 g/mol. The van der Waals surface area contributed by atoms with Crippen molar-refractivity contribution < 1.29 is 5.11 Å². The van der Waals surface area contributed by atoms with Crippen LogP contribution in [0.25, 0.3) is 0 Å². The van der Waals surface area contributed by atoms with E-state index in [1.165, 1.54) is 0 Å². The number of hydrogen-bond acceptors (Lipinski definition) is 1. The third-order valence-electron chi connectivity index (χ3n) is 1.14. The van der Waals surface area contributed by atoms with E-state index in [-0.39, 0.29) is 0 Å². The summed E-state index contributed by atoms with van der Waals surface area (Å²) < 4.78 is 0. The van der Waals surface area contributed by atoms with E-state index in [9.17, 15) is 0 Å². The first-order chi connectivity index (χ1) is 6.41. The minimum atomic E-state index is 1.00. The fourth-order valence-corrected chi connectivity index (χ4v) is 0.621. The molecule has 0 fully saturated rings. The molecule has 1 aromatic heterocycles. The second-order valence-electron chi connectivity index (χ2n) is 2.13. The van der Waals surface area contributed by atoms with E-state index in [0.29, 0.717) is 0 Å². The monoisotopic (exact) mass is 178 g/mol. The van der Waals surface area contributed by atoms with Gasteiger partial charge in [0.15, 0.2) is 0 Å². The molecule has 0 bridgehead atoms. The van der Waals surface area contributed by atoms with Crippen LogP contribution in [0, 0.1) is 0 Å². The standard InChI is InChI=1S/C5H5B.C5H10.CH4O/c1-2-4-6-5-3-1;1-3-5-4-2;1-2/h1-5H;3,5H,4H2,1-2H3;2H,1H3/b;5-3+;. The van der Waals surface area contributed by atoms with Crippen molar-refractivity contribution in [3.63, 3.8) is 0 Å². The summed E-state index contributed by atoms with van der Waals surface area (Å²) in [7, 11) is 1.00. The molecule has 0 spiro atoms. The van der Waals surface area contributed by atoms with Crippen molar-refractivity contribution in [3.8, 4) is 0 Å². The van der Waals surface area contributed by atoms with Gasteiger partial charge >= 0.3 is 37.0 Å². The van der Waals surface area contributed by atoms with Crippen LogP contribution >= 0.6 is 0 Å². The van der Waals surface area contributed by atoms with Gasteiger partial charge in [-0.05, 0) is 13.3 Å². The van der Waals surface area contributed by atoms with E-state index in [1.807, 2.05) is 44.0 Å². The first kappa shape index (κ1) is 14.6. The summed E-state index contributed by atoms with van der Waals surface area (Å²) >= 11 is 0. The minimum absolute atomic E-state index is 1.00. The van der Waals surface area contributed by atoms with Crippen molar-refractivity contribution in [2.75, 3.05) is 7.11 Å². The van der Waals surface area contributed by atoms with Crippen molar-refractivity contribution in [1.29, 1.82) is 0 Å². The molecule has 1 heterocycles. The molecule has 0 aromatic carbocycles. The van der Waals surface area contributed by atoms with Crippen LogP contribution in [0.2, 0.25) is 0 Å². The van der Waals surface area contributed by atoms with E-state index >= 15 is 0 Å². The topological polar surface area (TPSA) is 20.2 Å². The SMILES string of the molecule is C/C=C/CC.CO.b1ccccc1. The summed E-state index contributed by atoms with van der Waals surface area (Å²) in [4.78, 5) is 0. The van der Waals surface area contributed by atoms with Gasteiger partial charge in [0, 0.05) is 7.11 Å². The van der Waals surface area contributed by atoms with E-state index in [2.05, 4.69) is 19.1 Å². The van der Waals surface area contributed by atoms with Gasteiger partial charge in [-0.1, -0.05) is 19.1 Å². The number of hydrogen-bond donors (Lipinski definition) is 1. The van der Waals surface area contributed by atoms with Gasteiger partial charge in [-0.25, -0.2) is 0 Å². The molecule has 0 radical (unpaired) electrons. The summed E-state index contributed by atoms with van der Waals surface area (Å²) in [6.45, 7) is 6.16. The normalized spacial score (nSPS) is 7.69. The van der Waals surface area contributed by atoms with Crippen LogP contribution in [-0.2, 0) is 0 Å². The maximum atomic E-state index is 7.00. The van der Waals surface area contributed by atoms with Crippen molar-refractivity contribution >= 4 is 6.91 Å². The van der Waals surface area contributed by atoms with Crippen LogP contribution in [0.1, 0.15) is 20.3 Å². The third kappa shape index (κ3) is 18.2. The molecule has 0 atom stereocenters. The Balaban J connectivity index is 0. The molecule has 0 saturated heterocycles. The van der Waals surface area contributed by atoms with Crippen LogP contribution in [0.3, 0.4) is 0 Å². The Morgan fingerprint density at radius 2 is 1.69 bits per heavy atom. The summed E-state index contributed by atoms with van der Waals surface area (Å²) in [5.41, 5.74) is 0. The molecule has 0 saturated carbocycles. The quantitative estimate of drug-likeness (QED) is 0.655. The zero-order chi connectivity index (χ0) is 10.4. The molecule has 0 aliphatic rings. The summed E-state index contributed by atoms with van der Waals surface area (Å²) in [5.74, 6) is 4.00. The second kappa shape index (κ2) is 17.3. The Labute approximate surface area is 82.3 Å².